The summed E-state index contributed by atoms with van der Waals surface area (Å²) in [6, 6.07) is 13.5. The number of nitrogen functional groups attached to an aromatic ring is 2. The summed E-state index contributed by atoms with van der Waals surface area (Å²) in [5.41, 5.74) is 14.3. The van der Waals surface area contributed by atoms with Gasteiger partial charge in [-0.3, -0.25) is 15.2 Å². The molecule has 14 nitrogen and oxygen atoms in total. The summed E-state index contributed by atoms with van der Waals surface area (Å²) >= 11 is 0. The zero-order valence-electron chi connectivity index (χ0n) is 21.7. The maximum absolute atomic E-state index is 12.9. The number of nitrogens with one attached hydrogen (secondary N) is 3. The maximum atomic E-state index is 12.9. The highest BCUT2D eigenvalue weighted by molar-refractivity contribution is 5.95. The van der Waals surface area contributed by atoms with Gasteiger partial charge in [-0.1, -0.05) is 0 Å². The minimum Gasteiger partial charge on any atom is -0.493 e. The molecule has 0 saturated carbocycles. The molecule has 1 atom stereocenters. The van der Waals surface area contributed by atoms with Crippen LogP contribution in [0.15, 0.2) is 59.5 Å². The van der Waals surface area contributed by atoms with E-state index >= 15 is 0 Å². The molecule has 0 spiro atoms. The normalized spacial score (nSPS) is 12.7. The predicted molar refractivity (Wildman–Crippen MR) is 146 cm³/mol. The van der Waals surface area contributed by atoms with Crippen LogP contribution in [0.25, 0.3) is 5.69 Å². The number of benzene rings is 2. The Labute approximate surface area is 228 Å². The molecule has 3 heterocycles. The first-order chi connectivity index (χ1) is 19.2. The highest BCUT2D eigenvalue weighted by Gasteiger charge is 2.25. The Morgan fingerprint density at radius 2 is 2.00 bits per heavy atom. The average Bonchev–Trinajstić information content (AvgIpc) is 3.32. The fraction of sp³-hybridized carbons (Fsp3) is 0.192. The van der Waals surface area contributed by atoms with Crippen molar-refractivity contribution in [3.63, 3.8) is 0 Å². The van der Waals surface area contributed by atoms with Crippen LogP contribution in [-0.2, 0) is 16.1 Å². The van der Waals surface area contributed by atoms with Crippen molar-refractivity contribution >= 4 is 23.3 Å². The quantitative estimate of drug-likeness (QED) is 0.145. The summed E-state index contributed by atoms with van der Waals surface area (Å²) in [5, 5.41) is 23.0. The van der Waals surface area contributed by atoms with Crippen molar-refractivity contribution in [2.24, 2.45) is 5.73 Å². The standard InChI is InChI=1S/C24H24N8O4.C2H4O2/c1-34-18-10-14(9-15-11-35-12-36-20(15)18)19(29-16-6-4-13(5-7-16)21(25)26)23-30-24(33)32(31-23)17-3-2-8-28-22(17)27;1-2(3)4/h2-10,19,29H,11-12H2,1H3,(H3,25,26)(H2,27,28)(H,30,31,33);1H3,(H,3,4). The van der Waals surface area contributed by atoms with Gasteiger partial charge in [-0.05, 0) is 54.1 Å². The van der Waals surface area contributed by atoms with Crippen molar-refractivity contribution in [1.29, 1.82) is 5.41 Å². The SMILES string of the molecule is CC(=O)O.COc1cc(C(Nc2ccc(C(=N)N)cc2)c2nn(-c3cccnc3N)c(=O)[nH]2)cc2c1OCOC2. The number of amidine groups is 1. The number of rotatable bonds is 7. The number of H-pyrrole nitrogens is 1. The minimum atomic E-state index is -0.833. The Balaban J connectivity index is 0.000000867. The number of fused-ring (bicyclic) bond motifs is 1. The van der Waals surface area contributed by atoms with Crippen LogP contribution < -0.4 is 31.9 Å². The second kappa shape index (κ2) is 12.0. The molecule has 0 saturated heterocycles. The van der Waals surface area contributed by atoms with Gasteiger partial charge in [-0.2, -0.15) is 4.68 Å². The van der Waals surface area contributed by atoms with Crippen molar-refractivity contribution < 1.29 is 24.1 Å². The molecular formula is C26H28N8O6. The van der Waals surface area contributed by atoms with Gasteiger partial charge in [0.25, 0.3) is 5.97 Å². The molecule has 2 aromatic heterocycles. The molecule has 40 heavy (non-hydrogen) atoms. The lowest BCUT2D eigenvalue weighted by molar-refractivity contribution is -0.134. The van der Waals surface area contributed by atoms with E-state index in [2.05, 4.69) is 20.4 Å². The second-order valence-electron chi connectivity index (χ2n) is 8.54. The highest BCUT2D eigenvalue weighted by Crippen LogP contribution is 2.38. The molecular weight excluding hydrogens is 520 g/mol. The topological polar surface area (TPSA) is 216 Å². The van der Waals surface area contributed by atoms with E-state index < -0.39 is 17.7 Å². The van der Waals surface area contributed by atoms with Crippen molar-refractivity contribution in [3.8, 4) is 17.2 Å². The molecule has 1 aliphatic heterocycles. The smallest absolute Gasteiger partial charge is 0.348 e. The summed E-state index contributed by atoms with van der Waals surface area (Å²) in [6.45, 7) is 1.56. The highest BCUT2D eigenvalue weighted by atomic mass is 16.7. The lowest BCUT2D eigenvalue weighted by Crippen LogP contribution is -2.18. The Morgan fingerprint density at radius 1 is 1.27 bits per heavy atom. The molecule has 0 bridgehead atoms. The van der Waals surface area contributed by atoms with E-state index in [-0.39, 0.29) is 18.4 Å². The molecule has 4 aromatic rings. The fourth-order valence-corrected chi connectivity index (χ4v) is 3.97. The van der Waals surface area contributed by atoms with E-state index in [1.54, 1.807) is 43.5 Å². The largest absolute Gasteiger partial charge is 0.493 e. The van der Waals surface area contributed by atoms with Gasteiger partial charge in [0, 0.05) is 29.9 Å². The zero-order valence-corrected chi connectivity index (χ0v) is 21.7. The van der Waals surface area contributed by atoms with Crippen LogP contribution in [0.1, 0.15) is 35.5 Å². The molecule has 14 heteroatoms. The summed E-state index contributed by atoms with van der Waals surface area (Å²) in [5.74, 6) is 0.780. The number of carboxylic acid groups (broad SMARTS) is 1. The van der Waals surface area contributed by atoms with Crippen molar-refractivity contribution in [2.45, 2.75) is 19.6 Å². The average molecular weight is 549 g/mol. The first-order valence-corrected chi connectivity index (χ1v) is 11.9. The van der Waals surface area contributed by atoms with Crippen LogP contribution in [0, 0.1) is 5.41 Å². The van der Waals surface area contributed by atoms with E-state index in [0.29, 0.717) is 40.9 Å². The number of nitrogens with zero attached hydrogens (tertiary/aromatic N) is 3. The molecule has 0 aliphatic carbocycles. The van der Waals surface area contributed by atoms with Crippen LogP contribution in [0.4, 0.5) is 11.5 Å². The summed E-state index contributed by atoms with van der Waals surface area (Å²) in [4.78, 5) is 28.8. The Hall–Kier alpha value is -5.37. The van der Waals surface area contributed by atoms with Crippen molar-refractivity contribution in [3.05, 3.63) is 87.7 Å². The third-order valence-corrected chi connectivity index (χ3v) is 5.71. The number of aliphatic carboxylic acids is 1. The lowest BCUT2D eigenvalue weighted by atomic mass is 10.0. The Kier molecular flexibility index (Phi) is 8.30. The Morgan fingerprint density at radius 3 is 2.65 bits per heavy atom. The Bertz CT molecular complexity index is 1560. The molecule has 1 unspecified atom stereocenters. The third-order valence-electron chi connectivity index (χ3n) is 5.71. The number of nitrogens with two attached hydrogens (primary N) is 2. The first-order valence-electron chi connectivity index (χ1n) is 11.9. The lowest BCUT2D eigenvalue weighted by Gasteiger charge is -2.24. The summed E-state index contributed by atoms with van der Waals surface area (Å²) in [7, 11) is 1.56. The predicted octanol–water partition coefficient (Wildman–Crippen LogP) is 1.99. The number of methoxy groups -OCH3 is 1. The number of hydrogen-bond donors (Lipinski definition) is 6. The number of aromatic amines is 1. The number of pyridine rings is 1. The third kappa shape index (κ3) is 6.19. The number of ether oxygens (including phenoxy) is 3. The number of hydrogen-bond acceptors (Lipinski definition) is 10. The fourth-order valence-electron chi connectivity index (χ4n) is 3.97. The molecule has 8 N–H and O–H groups in total. The van der Waals surface area contributed by atoms with Crippen LogP contribution in [0.3, 0.4) is 0 Å². The van der Waals surface area contributed by atoms with E-state index in [4.69, 9.17) is 41.0 Å². The molecule has 1 aliphatic rings. The van der Waals surface area contributed by atoms with Gasteiger partial charge < -0.3 is 36.1 Å². The number of carbonyl (C=O) groups is 1. The van der Waals surface area contributed by atoms with Gasteiger partial charge in [0.05, 0.1) is 13.7 Å². The first kappa shape index (κ1) is 27.7. The molecule has 0 fully saturated rings. The summed E-state index contributed by atoms with van der Waals surface area (Å²) in [6.07, 6.45) is 1.54. The van der Waals surface area contributed by atoms with Gasteiger partial charge in [0.2, 0.25) is 0 Å². The van der Waals surface area contributed by atoms with E-state index in [0.717, 1.165) is 18.1 Å². The van der Waals surface area contributed by atoms with Crippen LogP contribution in [-0.4, -0.2) is 50.6 Å². The van der Waals surface area contributed by atoms with Gasteiger partial charge >= 0.3 is 5.69 Å². The molecule has 5 rings (SSSR count). The molecule has 2 aromatic carbocycles. The zero-order chi connectivity index (χ0) is 28.8. The molecule has 208 valence electrons. The summed E-state index contributed by atoms with van der Waals surface area (Å²) < 4.78 is 17.8. The monoisotopic (exact) mass is 548 g/mol. The van der Waals surface area contributed by atoms with E-state index in [9.17, 15) is 4.79 Å². The minimum absolute atomic E-state index is 0.0327. The number of aromatic nitrogens is 4. The number of anilines is 2. The van der Waals surface area contributed by atoms with Gasteiger partial charge in [-0.25, -0.2) is 9.78 Å². The van der Waals surface area contributed by atoms with E-state index in [1.165, 1.54) is 10.9 Å². The van der Waals surface area contributed by atoms with Crippen LogP contribution >= 0.6 is 0 Å². The van der Waals surface area contributed by atoms with Gasteiger partial charge in [0.1, 0.15) is 23.4 Å². The van der Waals surface area contributed by atoms with E-state index in [1.807, 2.05) is 12.1 Å². The van der Waals surface area contributed by atoms with Gasteiger partial charge in [0.15, 0.2) is 24.1 Å². The van der Waals surface area contributed by atoms with Gasteiger partial charge in [-0.15, -0.1) is 5.10 Å². The van der Waals surface area contributed by atoms with Crippen LogP contribution in [0.5, 0.6) is 11.5 Å². The maximum Gasteiger partial charge on any atom is 0.348 e. The second-order valence-corrected chi connectivity index (χ2v) is 8.54. The van der Waals surface area contributed by atoms with Crippen molar-refractivity contribution in [1.82, 2.24) is 19.7 Å². The molecule has 0 radical (unpaired) electrons. The number of carboxylic acids is 1. The van der Waals surface area contributed by atoms with Crippen molar-refractivity contribution in [2.75, 3.05) is 25.0 Å². The van der Waals surface area contributed by atoms with Crippen LogP contribution in [0.2, 0.25) is 0 Å². The molecule has 0 amide bonds.